The maximum atomic E-state index is 12.6. The zero-order valence-corrected chi connectivity index (χ0v) is 17.3. The molecule has 2 N–H and O–H groups in total. The van der Waals surface area contributed by atoms with Crippen LogP contribution in [0.25, 0.3) is 0 Å². The lowest BCUT2D eigenvalue weighted by atomic mass is 9.85. The van der Waals surface area contributed by atoms with Gasteiger partial charge in [-0.2, -0.15) is 0 Å². The van der Waals surface area contributed by atoms with Gasteiger partial charge >= 0.3 is 0 Å². The minimum Gasteiger partial charge on any atom is -0.321 e. The first kappa shape index (κ1) is 20.1. The molecule has 0 saturated carbocycles. The number of hydrogen-bond acceptors (Lipinski definition) is 6. The van der Waals surface area contributed by atoms with Gasteiger partial charge in [0.05, 0.1) is 22.5 Å². The van der Waals surface area contributed by atoms with Gasteiger partial charge in [-0.1, -0.05) is 0 Å². The second-order valence-corrected chi connectivity index (χ2v) is 7.82. The third-order valence-corrected chi connectivity index (χ3v) is 5.54. The molecule has 0 bridgehead atoms. The minimum atomic E-state index is -0.238. The first-order valence-corrected chi connectivity index (χ1v) is 9.98. The maximum Gasteiger partial charge on any atom is 0.252 e. The van der Waals surface area contributed by atoms with Gasteiger partial charge in [0.25, 0.3) is 5.91 Å². The van der Waals surface area contributed by atoms with Crippen molar-refractivity contribution in [3.8, 4) is 0 Å². The molecular weight excluding hydrogens is 380 g/mol. The van der Waals surface area contributed by atoms with Crippen molar-refractivity contribution in [2.24, 2.45) is 4.99 Å². The zero-order chi connectivity index (χ0) is 21.4. The third-order valence-electron chi connectivity index (χ3n) is 5.54. The molecular formula is C23H24N4O3. The van der Waals surface area contributed by atoms with Crippen molar-refractivity contribution in [2.75, 3.05) is 34.2 Å². The SMILES string of the molecule is CNCCC1=C2C(=O)C=CC(C3=C4NC(=O)C(CCN(C)C)=C4C(=O)C=C3)=C2N=C1. The molecule has 7 heteroatoms. The highest BCUT2D eigenvalue weighted by Crippen LogP contribution is 2.39. The van der Waals surface area contributed by atoms with Gasteiger partial charge in [-0.3, -0.25) is 19.4 Å². The van der Waals surface area contributed by atoms with Crippen molar-refractivity contribution < 1.29 is 14.4 Å². The molecule has 0 atom stereocenters. The van der Waals surface area contributed by atoms with Crippen LogP contribution in [0.3, 0.4) is 0 Å². The summed E-state index contributed by atoms with van der Waals surface area (Å²) in [6.07, 6.45) is 9.38. The fraction of sp³-hybridized carbons (Fsp3) is 0.304. The van der Waals surface area contributed by atoms with Gasteiger partial charge < -0.3 is 15.5 Å². The summed E-state index contributed by atoms with van der Waals surface area (Å²) >= 11 is 0. The molecule has 0 aromatic carbocycles. The predicted molar refractivity (Wildman–Crippen MR) is 115 cm³/mol. The molecule has 0 aromatic rings. The smallest absolute Gasteiger partial charge is 0.252 e. The number of fused-ring (bicyclic) bond motifs is 2. The first-order chi connectivity index (χ1) is 14.4. The third kappa shape index (κ3) is 3.36. The number of amides is 1. The monoisotopic (exact) mass is 404 g/mol. The molecule has 1 amide bonds. The summed E-state index contributed by atoms with van der Waals surface area (Å²) in [5.41, 5.74) is 5.00. The molecule has 2 aliphatic heterocycles. The van der Waals surface area contributed by atoms with Gasteiger partial charge in [0.2, 0.25) is 0 Å². The van der Waals surface area contributed by atoms with E-state index in [0.29, 0.717) is 53.1 Å². The molecule has 2 heterocycles. The van der Waals surface area contributed by atoms with Crippen LogP contribution < -0.4 is 10.6 Å². The molecule has 0 aromatic heterocycles. The Bertz CT molecular complexity index is 1080. The number of rotatable bonds is 7. The Hall–Kier alpha value is -3.16. The van der Waals surface area contributed by atoms with Crippen LogP contribution in [0, 0.1) is 0 Å². The Morgan fingerprint density at radius 3 is 2.37 bits per heavy atom. The molecule has 4 rings (SSSR count). The van der Waals surface area contributed by atoms with Crippen LogP contribution in [-0.2, 0) is 14.4 Å². The van der Waals surface area contributed by atoms with Crippen LogP contribution in [-0.4, -0.2) is 62.8 Å². The Balaban J connectivity index is 1.82. The second-order valence-electron chi connectivity index (χ2n) is 7.82. The van der Waals surface area contributed by atoms with Gasteiger partial charge in [-0.05, 0) is 70.4 Å². The quantitative estimate of drug-likeness (QED) is 0.664. The van der Waals surface area contributed by atoms with Crippen LogP contribution in [0.5, 0.6) is 0 Å². The summed E-state index contributed by atoms with van der Waals surface area (Å²) in [6, 6.07) is 0. The summed E-state index contributed by atoms with van der Waals surface area (Å²) < 4.78 is 0. The number of carbonyl (C=O) groups excluding carboxylic acids is 3. The number of hydrogen-bond donors (Lipinski definition) is 2. The number of aliphatic imine (C=N–C) groups is 1. The zero-order valence-electron chi connectivity index (χ0n) is 17.3. The van der Waals surface area contributed by atoms with Gasteiger partial charge in [-0.15, -0.1) is 0 Å². The lowest BCUT2D eigenvalue weighted by Crippen LogP contribution is -2.21. The van der Waals surface area contributed by atoms with Gasteiger partial charge in [0, 0.05) is 29.5 Å². The number of carbonyl (C=O) groups is 3. The fourth-order valence-corrected chi connectivity index (χ4v) is 4.00. The Labute approximate surface area is 175 Å². The van der Waals surface area contributed by atoms with Gasteiger partial charge in [0.15, 0.2) is 11.6 Å². The van der Waals surface area contributed by atoms with E-state index in [-0.39, 0.29) is 17.5 Å². The first-order valence-electron chi connectivity index (χ1n) is 9.98. The van der Waals surface area contributed by atoms with Crippen molar-refractivity contribution in [3.63, 3.8) is 0 Å². The van der Waals surface area contributed by atoms with Crippen LogP contribution in [0.1, 0.15) is 12.8 Å². The normalized spacial score (nSPS) is 20.3. The summed E-state index contributed by atoms with van der Waals surface area (Å²) in [5, 5.41) is 5.98. The lowest BCUT2D eigenvalue weighted by molar-refractivity contribution is -0.116. The molecule has 0 unspecified atom stereocenters. The Morgan fingerprint density at radius 1 is 0.967 bits per heavy atom. The van der Waals surface area contributed by atoms with Crippen molar-refractivity contribution in [3.05, 3.63) is 69.1 Å². The number of nitrogens with zero attached hydrogens (tertiary/aromatic N) is 2. The van der Waals surface area contributed by atoms with E-state index >= 15 is 0 Å². The molecule has 0 saturated heterocycles. The highest BCUT2D eigenvalue weighted by Gasteiger charge is 2.36. The molecule has 0 fully saturated rings. The van der Waals surface area contributed by atoms with Crippen molar-refractivity contribution in [1.29, 1.82) is 0 Å². The van der Waals surface area contributed by atoms with E-state index in [1.165, 1.54) is 12.2 Å². The van der Waals surface area contributed by atoms with Crippen LogP contribution in [0.15, 0.2) is 74.1 Å². The van der Waals surface area contributed by atoms with Crippen molar-refractivity contribution in [2.45, 2.75) is 12.8 Å². The minimum absolute atomic E-state index is 0.0725. The number of ketones is 2. The number of nitrogens with one attached hydrogen (secondary N) is 2. The molecule has 154 valence electrons. The molecule has 4 aliphatic rings. The van der Waals surface area contributed by atoms with Gasteiger partial charge in [0.1, 0.15) is 0 Å². The largest absolute Gasteiger partial charge is 0.321 e. The van der Waals surface area contributed by atoms with Crippen LogP contribution >= 0.6 is 0 Å². The van der Waals surface area contributed by atoms with Crippen LogP contribution in [0.2, 0.25) is 0 Å². The molecule has 0 radical (unpaired) electrons. The van der Waals surface area contributed by atoms with E-state index in [1.807, 2.05) is 26.0 Å². The molecule has 30 heavy (non-hydrogen) atoms. The highest BCUT2D eigenvalue weighted by atomic mass is 16.2. The highest BCUT2D eigenvalue weighted by molar-refractivity contribution is 6.20. The molecule has 2 aliphatic carbocycles. The molecule has 0 spiro atoms. The Kier molecular flexibility index (Phi) is 5.32. The van der Waals surface area contributed by atoms with Crippen LogP contribution in [0.4, 0.5) is 0 Å². The van der Waals surface area contributed by atoms with Crippen molar-refractivity contribution in [1.82, 2.24) is 15.5 Å². The van der Waals surface area contributed by atoms with Crippen molar-refractivity contribution >= 4 is 23.7 Å². The van der Waals surface area contributed by atoms with E-state index in [0.717, 1.165) is 17.7 Å². The van der Waals surface area contributed by atoms with E-state index in [1.54, 1.807) is 18.4 Å². The average molecular weight is 404 g/mol. The second kappa shape index (κ2) is 7.93. The van der Waals surface area contributed by atoms with E-state index < -0.39 is 0 Å². The lowest BCUT2D eigenvalue weighted by Gasteiger charge is -2.19. The standard InChI is InChI=1S/C23H24N4O3/c1-24-10-8-13-12-25-21-14(4-6-17(28)19(13)21)15-5-7-18(29)20-16(9-11-27(2)3)23(30)26-22(15)20/h4-7,12,24H,8-11H2,1-3H3,(H,26,30). The summed E-state index contributed by atoms with van der Waals surface area (Å²) in [5.74, 6) is -0.488. The summed E-state index contributed by atoms with van der Waals surface area (Å²) in [6.45, 7) is 1.41. The van der Waals surface area contributed by atoms with E-state index in [4.69, 9.17) is 0 Å². The van der Waals surface area contributed by atoms with E-state index in [2.05, 4.69) is 15.6 Å². The van der Waals surface area contributed by atoms with Gasteiger partial charge in [-0.25, -0.2) is 0 Å². The van der Waals surface area contributed by atoms with E-state index in [9.17, 15) is 14.4 Å². The topological polar surface area (TPSA) is 90.9 Å². The maximum absolute atomic E-state index is 12.6. The average Bonchev–Trinajstić information content (AvgIpc) is 3.28. The predicted octanol–water partition coefficient (Wildman–Crippen LogP) is 1.14. The molecule has 7 nitrogen and oxygen atoms in total. The number of allylic oxidation sites excluding steroid dienone is 8. The fourth-order valence-electron chi connectivity index (χ4n) is 4.00. The summed E-state index contributed by atoms with van der Waals surface area (Å²) in [7, 11) is 5.72. The summed E-state index contributed by atoms with van der Waals surface area (Å²) in [4.78, 5) is 44.3. The Morgan fingerprint density at radius 2 is 1.67 bits per heavy atom.